The summed E-state index contributed by atoms with van der Waals surface area (Å²) in [5.74, 6) is -2.12. The third kappa shape index (κ3) is 5.31. The third-order valence-electron chi connectivity index (χ3n) is 6.29. The molecule has 0 aliphatic heterocycles. The van der Waals surface area contributed by atoms with E-state index in [1.54, 1.807) is 6.20 Å². The quantitative estimate of drug-likeness (QED) is 0.369. The maximum absolute atomic E-state index is 14.5. The molecule has 6 rings (SSSR count). The van der Waals surface area contributed by atoms with Crippen LogP contribution in [0.3, 0.4) is 0 Å². The van der Waals surface area contributed by atoms with E-state index in [9.17, 15) is 18.7 Å². The van der Waals surface area contributed by atoms with Gasteiger partial charge in [-0.15, -0.1) is 0 Å². The molecule has 3 heterocycles. The fourth-order valence-corrected chi connectivity index (χ4v) is 4.93. The van der Waals surface area contributed by atoms with Crippen molar-refractivity contribution in [3.05, 3.63) is 42.7 Å². The van der Waals surface area contributed by atoms with E-state index >= 15 is 0 Å². The normalized spacial score (nSPS) is 23.4. The Hall–Kier alpha value is -1.83. The van der Waals surface area contributed by atoms with Crippen LogP contribution in [-0.4, -0.2) is 37.1 Å². The van der Waals surface area contributed by atoms with E-state index in [0.717, 1.165) is 38.1 Å². The van der Waals surface area contributed by atoms with Gasteiger partial charge in [-0.2, -0.15) is 13.8 Å². The first-order valence-corrected chi connectivity index (χ1v) is 10.8. The molecule has 3 fully saturated rings. The van der Waals surface area contributed by atoms with Gasteiger partial charge in [0.05, 0.1) is 18.3 Å². The summed E-state index contributed by atoms with van der Waals surface area (Å²) in [5.41, 5.74) is 0.967. The molecule has 0 spiro atoms. The Morgan fingerprint density at radius 1 is 1.15 bits per heavy atom. The number of carboxylic acid groups (broad SMARTS) is 1. The number of fused-ring (bicyclic) bond motifs is 4. The van der Waals surface area contributed by atoms with E-state index in [1.165, 1.54) is 6.07 Å². The summed E-state index contributed by atoms with van der Waals surface area (Å²) in [4.78, 5) is 27.1. The monoisotopic (exact) mass is 606 g/mol. The molecule has 3 aliphatic rings. The summed E-state index contributed by atoms with van der Waals surface area (Å²) in [6.45, 7) is 4.00. The Labute approximate surface area is 221 Å². The number of rotatable bonds is 4. The van der Waals surface area contributed by atoms with Crippen LogP contribution in [0.5, 0.6) is 0 Å². The number of hydrogen-bond acceptors (Lipinski definition) is 5. The van der Waals surface area contributed by atoms with Crippen molar-refractivity contribution in [1.82, 2.24) is 19.9 Å². The number of hydrogen-bond donors (Lipinski definition) is 3. The van der Waals surface area contributed by atoms with Crippen LogP contribution in [0.4, 0.5) is 14.6 Å². The minimum absolute atomic E-state index is 0. The molecule has 3 aromatic rings. The standard InChI is InChI=1S/C20H19F2N5O2.C3H7.Dy/c21-11-5-12-13(7-24-17(12)23-6-11)18-25-8-14(22)19(27-18)26-16-10-3-1-9(2-4-10)15(16)20(28)29;1-3-2;/h5-10,15-16H,1-4H2,(H,23,24)(H,28,29)(H,25,26,27);3H,1-2H3;/q;-1;. The van der Waals surface area contributed by atoms with E-state index in [0.29, 0.717) is 16.6 Å². The Bertz CT molecular complexity index is 1120. The second kappa shape index (κ2) is 11.1. The van der Waals surface area contributed by atoms with Gasteiger partial charge in [0.25, 0.3) is 0 Å². The van der Waals surface area contributed by atoms with E-state index in [1.807, 2.05) is 20.3 Å². The molecule has 0 aromatic carbocycles. The van der Waals surface area contributed by atoms with Crippen LogP contribution >= 0.6 is 0 Å². The van der Waals surface area contributed by atoms with Gasteiger partial charge in [0.15, 0.2) is 17.5 Å². The maximum Gasteiger partial charge on any atom is 0.308 e. The van der Waals surface area contributed by atoms with Gasteiger partial charge in [0.1, 0.15) is 11.5 Å². The van der Waals surface area contributed by atoms with Crippen molar-refractivity contribution in [3.8, 4) is 11.4 Å². The number of aliphatic carboxylic acids is 1. The van der Waals surface area contributed by atoms with Crippen molar-refractivity contribution in [2.75, 3.05) is 5.32 Å². The minimum Gasteiger partial charge on any atom is -0.481 e. The fourth-order valence-electron chi connectivity index (χ4n) is 4.93. The number of aromatic nitrogens is 4. The van der Waals surface area contributed by atoms with Crippen molar-refractivity contribution in [1.29, 1.82) is 0 Å². The molecule has 0 saturated heterocycles. The van der Waals surface area contributed by atoms with E-state index in [-0.39, 0.29) is 67.7 Å². The van der Waals surface area contributed by atoms with Crippen molar-refractivity contribution >= 4 is 22.8 Å². The molecular formula is C23H26DyF2N5O2-. The van der Waals surface area contributed by atoms with Gasteiger partial charge in [-0.05, 0) is 43.6 Å². The zero-order valence-electron chi connectivity index (χ0n) is 18.3. The maximum atomic E-state index is 14.5. The Balaban J connectivity index is 0.000000728. The molecule has 33 heavy (non-hydrogen) atoms. The van der Waals surface area contributed by atoms with Crippen LogP contribution < -0.4 is 5.32 Å². The molecule has 3 saturated carbocycles. The van der Waals surface area contributed by atoms with Gasteiger partial charge in [-0.1, -0.05) is 0 Å². The van der Waals surface area contributed by atoms with Gasteiger partial charge < -0.3 is 21.8 Å². The average molecular weight is 605 g/mol. The van der Waals surface area contributed by atoms with Crippen LogP contribution in [0.25, 0.3) is 22.4 Å². The first-order valence-electron chi connectivity index (χ1n) is 10.8. The SMILES string of the molecule is C[CH-]C.O=C(O)C1C2CCC(CC2)C1Nc1nc(-c2c[nH]c3ncc(F)cc23)ncc1F.[Dy]. The van der Waals surface area contributed by atoms with Gasteiger partial charge >= 0.3 is 5.97 Å². The van der Waals surface area contributed by atoms with Crippen LogP contribution in [0.15, 0.2) is 24.7 Å². The van der Waals surface area contributed by atoms with Crippen LogP contribution in [0.2, 0.25) is 0 Å². The number of halogens is 2. The van der Waals surface area contributed by atoms with Crippen LogP contribution in [0.1, 0.15) is 39.5 Å². The summed E-state index contributed by atoms with van der Waals surface area (Å²) in [7, 11) is 0. The molecule has 2 atom stereocenters. The van der Waals surface area contributed by atoms with Gasteiger partial charge in [0, 0.05) is 61.4 Å². The van der Waals surface area contributed by atoms with E-state index in [2.05, 4.69) is 25.3 Å². The van der Waals surface area contributed by atoms with Crippen LogP contribution in [0, 0.1) is 74.0 Å². The second-order valence-corrected chi connectivity index (χ2v) is 8.43. The number of carbonyl (C=O) groups is 1. The second-order valence-electron chi connectivity index (χ2n) is 8.43. The first-order chi connectivity index (χ1) is 15.4. The first kappa shape index (κ1) is 25.8. The Morgan fingerprint density at radius 2 is 1.82 bits per heavy atom. The van der Waals surface area contributed by atoms with Crippen molar-refractivity contribution in [2.24, 2.45) is 17.8 Å². The van der Waals surface area contributed by atoms with E-state index < -0.39 is 23.5 Å². The van der Waals surface area contributed by atoms with Gasteiger partial charge in [-0.3, -0.25) is 4.79 Å². The molecule has 3 N–H and O–H groups in total. The molecule has 7 nitrogen and oxygen atoms in total. The number of nitrogens with one attached hydrogen (secondary N) is 2. The molecule has 2 bridgehead atoms. The van der Waals surface area contributed by atoms with Crippen molar-refractivity contribution < 1.29 is 56.9 Å². The zero-order chi connectivity index (χ0) is 22.8. The number of carboxylic acids is 1. The van der Waals surface area contributed by atoms with Crippen molar-refractivity contribution in [2.45, 2.75) is 45.6 Å². The molecule has 10 heteroatoms. The smallest absolute Gasteiger partial charge is 0.308 e. The van der Waals surface area contributed by atoms with Crippen LogP contribution in [-0.2, 0) is 4.79 Å². The number of H-pyrrole nitrogens is 1. The van der Waals surface area contributed by atoms with Crippen molar-refractivity contribution in [3.63, 3.8) is 0 Å². The summed E-state index contributed by atoms with van der Waals surface area (Å²) >= 11 is 0. The minimum atomic E-state index is -0.857. The molecule has 3 aromatic heterocycles. The summed E-state index contributed by atoms with van der Waals surface area (Å²) in [6, 6.07) is 0.938. The topological polar surface area (TPSA) is 104 Å². The Kier molecular flexibility index (Phi) is 8.65. The molecule has 0 amide bonds. The van der Waals surface area contributed by atoms with Gasteiger partial charge in [-0.25, -0.2) is 23.7 Å². The Morgan fingerprint density at radius 3 is 2.48 bits per heavy atom. The predicted octanol–water partition coefficient (Wildman–Crippen LogP) is 4.83. The molecule has 0 radical (unpaired) electrons. The number of anilines is 1. The largest absolute Gasteiger partial charge is 0.481 e. The number of aromatic amines is 1. The molecular weight excluding hydrogens is 579 g/mol. The van der Waals surface area contributed by atoms with Gasteiger partial charge in [0.2, 0.25) is 0 Å². The number of nitrogens with zero attached hydrogens (tertiary/aromatic N) is 3. The molecule has 3 aliphatic carbocycles. The fraction of sp³-hybridized carbons (Fsp3) is 0.435. The predicted molar refractivity (Wildman–Crippen MR) is 117 cm³/mol. The molecule has 180 valence electrons. The molecule has 2 unspecified atom stereocenters. The number of pyridine rings is 1. The zero-order valence-corrected chi connectivity index (χ0v) is 20.3. The van der Waals surface area contributed by atoms with E-state index in [4.69, 9.17) is 0 Å². The summed E-state index contributed by atoms with van der Waals surface area (Å²) in [6.07, 6.45) is 9.39. The third-order valence-corrected chi connectivity index (χ3v) is 6.29. The summed E-state index contributed by atoms with van der Waals surface area (Å²) < 4.78 is 28.1. The average Bonchev–Trinajstić information content (AvgIpc) is 3.19. The summed E-state index contributed by atoms with van der Waals surface area (Å²) in [5, 5.41) is 13.3.